The molecule has 0 spiro atoms. The summed E-state index contributed by atoms with van der Waals surface area (Å²) in [6.07, 6.45) is 2.92. The van der Waals surface area contributed by atoms with Crippen LogP contribution in [0.1, 0.15) is 12.8 Å². The van der Waals surface area contributed by atoms with Crippen molar-refractivity contribution in [3.05, 3.63) is 36.5 Å². The molecule has 1 aliphatic carbocycles. The van der Waals surface area contributed by atoms with Gasteiger partial charge in [-0.05, 0) is 12.8 Å². The number of hydrogen-bond donors (Lipinski definition) is 2. The van der Waals surface area contributed by atoms with E-state index in [-0.39, 0.29) is 19.0 Å². The van der Waals surface area contributed by atoms with Gasteiger partial charge in [0.2, 0.25) is 5.91 Å². The van der Waals surface area contributed by atoms with Gasteiger partial charge in [-0.1, -0.05) is 35.5 Å². The summed E-state index contributed by atoms with van der Waals surface area (Å²) in [6.45, 7) is 0.191. The van der Waals surface area contributed by atoms with Crippen molar-refractivity contribution in [2.24, 2.45) is 5.41 Å². The lowest BCUT2D eigenvalue weighted by Gasteiger charge is -2.10. The fraction of sp³-hybridized carbons (Fsp3) is 0.333. The number of nitrogens with zero attached hydrogens (tertiary/aromatic N) is 3. The van der Waals surface area contributed by atoms with Crippen molar-refractivity contribution in [3.63, 3.8) is 0 Å². The number of amides is 1. The summed E-state index contributed by atoms with van der Waals surface area (Å²) < 4.78 is 1.44. The molecule has 1 aromatic heterocycles. The predicted octanol–water partition coefficient (Wildman–Crippen LogP) is 0.926. The Kier molecular flexibility index (Phi) is 3.62. The monoisotopic (exact) mass is 300 g/mol. The predicted molar refractivity (Wildman–Crippen MR) is 77.8 cm³/mol. The third-order valence-corrected chi connectivity index (χ3v) is 3.84. The molecule has 7 nitrogen and oxygen atoms in total. The van der Waals surface area contributed by atoms with Gasteiger partial charge in [-0.15, -0.1) is 5.10 Å². The van der Waals surface area contributed by atoms with Gasteiger partial charge in [0.1, 0.15) is 12.2 Å². The van der Waals surface area contributed by atoms with Gasteiger partial charge in [0.15, 0.2) is 0 Å². The van der Waals surface area contributed by atoms with Crippen LogP contribution in [0.5, 0.6) is 0 Å². The van der Waals surface area contributed by atoms with E-state index in [4.69, 9.17) is 5.11 Å². The Morgan fingerprint density at radius 3 is 2.64 bits per heavy atom. The maximum atomic E-state index is 11.9. The summed E-state index contributed by atoms with van der Waals surface area (Å²) >= 11 is 0. The average Bonchev–Trinajstić information content (AvgIpc) is 3.19. The number of carbonyl (C=O) groups is 2. The Hall–Kier alpha value is -2.70. The molecular formula is C15H16N4O3. The number of carboxylic acid groups (broad SMARTS) is 1. The van der Waals surface area contributed by atoms with Crippen molar-refractivity contribution in [2.45, 2.75) is 19.4 Å². The van der Waals surface area contributed by atoms with Crippen molar-refractivity contribution in [2.75, 3.05) is 6.54 Å². The molecule has 2 N–H and O–H groups in total. The molecule has 1 aliphatic rings. The molecule has 3 rings (SSSR count). The molecule has 22 heavy (non-hydrogen) atoms. The quantitative estimate of drug-likeness (QED) is 0.827. The van der Waals surface area contributed by atoms with Gasteiger partial charge in [0, 0.05) is 12.1 Å². The molecule has 0 atom stereocenters. The number of benzene rings is 1. The van der Waals surface area contributed by atoms with Gasteiger partial charge < -0.3 is 10.4 Å². The SMILES string of the molecule is O=C(Cn1cc(-c2ccccc2)nn1)NCC1(C(=O)O)CC1. The van der Waals surface area contributed by atoms with Gasteiger partial charge in [-0.25, -0.2) is 4.68 Å². The van der Waals surface area contributed by atoms with Gasteiger partial charge in [-0.2, -0.15) is 0 Å². The molecule has 1 aromatic carbocycles. The molecule has 1 heterocycles. The molecule has 7 heteroatoms. The van der Waals surface area contributed by atoms with Crippen LogP contribution >= 0.6 is 0 Å². The lowest BCUT2D eigenvalue weighted by Crippen LogP contribution is -2.36. The maximum absolute atomic E-state index is 11.9. The maximum Gasteiger partial charge on any atom is 0.311 e. The summed E-state index contributed by atoms with van der Waals surface area (Å²) in [6, 6.07) is 9.55. The molecule has 1 saturated carbocycles. The van der Waals surface area contributed by atoms with Crippen molar-refractivity contribution in [1.82, 2.24) is 20.3 Å². The highest BCUT2D eigenvalue weighted by Gasteiger charge is 2.50. The third kappa shape index (κ3) is 2.98. The molecule has 2 aromatic rings. The van der Waals surface area contributed by atoms with Crippen molar-refractivity contribution >= 4 is 11.9 Å². The van der Waals surface area contributed by atoms with E-state index < -0.39 is 11.4 Å². The van der Waals surface area contributed by atoms with Crippen LogP contribution in [-0.4, -0.2) is 38.5 Å². The second kappa shape index (κ2) is 5.59. The minimum absolute atomic E-state index is 0.0233. The lowest BCUT2D eigenvalue weighted by molar-refractivity contribution is -0.143. The van der Waals surface area contributed by atoms with Gasteiger partial charge in [0.05, 0.1) is 11.6 Å². The zero-order valence-corrected chi connectivity index (χ0v) is 11.9. The Morgan fingerprint density at radius 1 is 1.27 bits per heavy atom. The second-order valence-electron chi connectivity index (χ2n) is 5.53. The minimum Gasteiger partial charge on any atom is -0.481 e. The second-order valence-corrected chi connectivity index (χ2v) is 5.53. The van der Waals surface area contributed by atoms with E-state index in [1.165, 1.54) is 4.68 Å². The van der Waals surface area contributed by atoms with Crippen molar-refractivity contribution in [1.29, 1.82) is 0 Å². The lowest BCUT2D eigenvalue weighted by atomic mass is 10.1. The number of carbonyl (C=O) groups excluding carboxylic acids is 1. The van der Waals surface area contributed by atoms with Crippen LogP contribution in [0.25, 0.3) is 11.3 Å². The van der Waals surface area contributed by atoms with Crippen molar-refractivity contribution < 1.29 is 14.7 Å². The molecule has 114 valence electrons. The van der Waals surface area contributed by atoms with Crippen LogP contribution in [0, 0.1) is 5.41 Å². The third-order valence-electron chi connectivity index (χ3n) is 3.84. The van der Waals surface area contributed by atoms with Crippen LogP contribution in [0.3, 0.4) is 0 Å². The first-order valence-electron chi connectivity index (χ1n) is 7.05. The first-order chi connectivity index (χ1) is 10.6. The van der Waals surface area contributed by atoms with E-state index in [1.807, 2.05) is 30.3 Å². The molecule has 1 amide bonds. The molecular weight excluding hydrogens is 284 g/mol. The van der Waals surface area contributed by atoms with Crippen LogP contribution in [0.2, 0.25) is 0 Å². The number of nitrogens with one attached hydrogen (secondary N) is 1. The highest BCUT2D eigenvalue weighted by molar-refractivity contribution is 5.80. The first-order valence-corrected chi connectivity index (χ1v) is 7.05. The highest BCUT2D eigenvalue weighted by Crippen LogP contribution is 2.45. The summed E-state index contributed by atoms with van der Waals surface area (Å²) in [5.41, 5.74) is 0.863. The standard InChI is InChI=1S/C15H16N4O3/c20-13(16-10-15(6-7-15)14(21)22)9-19-8-12(17-18-19)11-4-2-1-3-5-11/h1-5,8H,6-7,9-10H2,(H,16,20)(H,21,22). The molecule has 0 radical (unpaired) electrons. The molecule has 0 bridgehead atoms. The van der Waals surface area contributed by atoms with Crippen LogP contribution in [0.4, 0.5) is 0 Å². The fourth-order valence-corrected chi connectivity index (χ4v) is 2.20. The van der Waals surface area contributed by atoms with Gasteiger partial charge in [0.25, 0.3) is 0 Å². The number of hydrogen-bond acceptors (Lipinski definition) is 4. The summed E-state index contributed by atoms with van der Waals surface area (Å²) in [4.78, 5) is 22.9. The van der Waals surface area contributed by atoms with Gasteiger partial charge >= 0.3 is 5.97 Å². The largest absolute Gasteiger partial charge is 0.481 e. The van der Waals surface area contributed by atoms with Crippen LogP contribution in [-0.2, 0) is 16.1 Å². The minimum atomic E-state index is -0.847. The summed E-state index contributed by atoms with van der Waals surface area (Å²) in [5.74, 6) is -1.11. The number of aromatic nitrogens is 3. The van der Waals surface area contributed by atoms with Crippen LogP contribution in [0.15, 0.2) is 36.5 Å². The normalized spacial score (nSPS) is 15.3. The highest BCUT2D eigenvalue weighted by atomic mass is 16.4. The summed E-state index contributed by atoms with van der Waals surface area (Å²) in [5, 5.41) is 19.7. The van der Waals surface area contributed by atoms with E-state index in [9.17, 15) is 9.59 Å². The Morgan fingerprint density at radius 2 is 2.00 bits per heavy atom. The van der Waals surface area contributed by atoms with E-state index in [1.54, 1.807) is 6.20 Å². The zero-order valence-electron chi connectivity index (χ0n) is 11.9. The number of carboxylic acids is 1. The Balaban J connectivity index is 1.56. The van der Waals surface area contributed by atoms with E-state index in [2.05, 4.69) is 15.6 Å². The molecule has 1 fully saturated rings. The molecule has 0 saturated heterocycles. The molecule has 0 aliphatic heterocycles. The Labute approximate surface area is 126 Å². The fourth-order valence-electron chi connectivity index (χ4n) is 2.20. The Bertz CT molecular complexity index is 692. The zero-order chi connectivity index (χ0) is 15.6. The summed E-state index contributed by atoms with van der Waals surface area (Å²) in [7, 11) is 0. The average molecular weight is 300 g/mol. The molecule has 0 unspecified atom stereocenters. The van der Waals surface area contributed by atoms with Gasteiger partial charge in [-0.3, -0.25) is 9.59 Å². The van der Waals surface area contributed by atoms with E-state index in [0.717, 1.165) is 5.56 Å². The van der Waals surface area contributed by atoms with E-state index >= 15 is 0 Å². The topological polar surface area (TPSA) is 97.1 Å². The number of rotatable bonds is 6. The smallest absolute Gasteiger partial charge is 0.311 e. The van der Waals surface area contributed by atoms with E-state index in [0.29, 0.717) is 18.5 Å². The first kappa shape index (κ1) is 14.2. The van der Waals surface area contributed by atoms with Crippen molar-refractivity contribution in [3.8, 4) is 11.3 Å². The number of aliphatic carboxylic acids is 1. The van der Waals surface area contributed by atoms with Crippen LogP contribution < -0.4 is 5.32 Å².